The van der Waals surface area contributed by atoms with Gasteiger partial charge in [0.05, 0.1) is 17.0 Å². The Balaban J connectivity index is 1.26. The van der Waals surface area contributed by atoms with Gasteiger partial charge < -0.3 is 4.74 Å². The minimum Gasteiger partial charge on any atom is -0.461 e. The average molecular weight is 757 g/mol. The number of benzene rings is 7. The fourth-order valence-electron chi connectivity index (χ4n) is 8.80. The Morgan fingerprint density at radius 2 is 1.10 bits per heavy atom. The Morgan fingerprint density at radius 3 is 1.78 bits per heavy atom. The third-order valence-corrected chi connectivity index (χ3v) is 11.4. The van der Waals surface area contributed by atoms with Crippen LogP contribution in [0, 0.1) is 11.3 Å². The molecule has 59 heavy (non-hydrogen) atoms. The second-order valence-corrected chi connectivity index (χ2v) is 14.7. The Morgan fingerprint density at radius 1 is 0.542 bits per heavy atom. The van der Waals surface area contributed by atoms with Gasteiger partial charge in [0.2, 0.25) is 0 Å². The highest BCUT2D eigenvalue weighted by Crippen LogP contribution is 2.62. The average Bonchev–Trinajstić information content (AvgIpc) is 3.59. The first-order valence-electron chi connectivity index (χ1n) is 19.6. The molecule has 1 atom stereocenters. The first-order chi connectivity index (χ1) is 29.1. The van der Waals surface area contributed by atoms with Crippen LogP contribution in [0.2, 0.25) is 0 Å². The van der Waals surface area contributed by atoms with Crippen LogP contribution < -0.4 is 4.74 Å². The van der Waals surface area contributed by atoms with Crippen molar-refractivity contribution in [2.75, 3.05) is 0 Å². The quantitative estimate of drug-likeness (QED) is 0.151. The fraction of sp³-hybridized carbons (Fsp3) is 0.0370. The first kappa shape index (κ1) is 35.5. The van der Waals surface area contributed by atoms with Gasteiger partial charge in [-0.3, -0.25) is 0 Å². The van der Waals surface area contributed by atoms with E-state index < -0.39 is 5.41 Å². The van der Waals surface area contributed by atoms with Gasteiger partial charge in [-0.25, -0.2) is 15.0 Å². The molecule has 278 valence electrons. The topological polar surface area (TPSA) is 71.7 Å². The molecule has 1 aliphatic heterocycles. The molecule has 2 aliphatic rings. The van der Waals surface area contributed by atoms with E-state index in [4.69, 9.17) is 19.7 Å². The highest BCUT2D eigenvalue weighted by Gasteiger charge is 2.51. The number of allylic oxidation sites excluding steroid dienone is 5. The van der Waals surface area contributed by atoms with E-state index in [9.17, 15) is 5.26 Å². The summed E-state index contributed by atoms with van der Waals surface area (Å²) in [5, 5.41) is 9.65. The van der Waals surface area contributed by atoms with Crippen LogP contribution in [-0.2, 0) is 5.41 Å². The van der Waals surface area contributed by atoms with Crippen molar-refractivity contribution in [3.05, 3.63) is 228 Å². The van der Waals surface area contributed by atoms with Crippen molar-refractivity contribution in [1.29, 1.82) is 5.26 Å². The largest absolute Gasteiger partial charge is 0.461 e. The van der Waals surface area contributed by atoms with E-state index in [0.29, 0.717) is 23.0 Å². The Hall–Kier alpha value is -7.94. The molecule has 1 aromatic heterocycles. The summed E-state index contributed by atoms with van der Waals surface area (Å²) in [7, 11) is 0. The minimum atomic E-state index is -0.642. The zero-order valence-electron chi connectivity index (χ0n) is 32.3. The van der Waals surface area contributed by atoms with Crippen molar-refractivity contribution < 1.29 is 4.74 Å². The van der Waals surface area contributed by atoms with Crippen molar-refractivity contribution in [3.63, 3.8) is 0 Å². The van der Waals surface area contributed by atoms with Crippen LogP contribution >= 0.6 is 0 Å². The number of fused-ring (bicyclic) bond motifs is 7. The number of nitrogens with zero attached hydrogens (tertiary/aromatic N) is 4. The maximum Gasteiger partial charge on any atom is 0.164 e. The number of aromatic nitrogens is 3. The zero-order chi connectivity index (χ0) is 39.9. The molecule has 0 N–H and O–H groups in total. The van der Waals surface area contributed by atoms with Crippen molar-refractivity contribution in [1.82, 2.24) is 15.0 Å². The van der Waals surface area contributed by atoms with Crippen LogP contribution in [0.4, 0.5) is 0 Å². The lowest BCUT2D eigenvalue weighted by molar-refractivity contribution is 0.387. The van der Waals surface area contributed by atoms with Crippen LogP contribution in [0.25, 0.3) is 67.5 Å². The summed E-state index contributed by atoms with van der Waals surface area (Å²) in [6, 6.07) is 60.5. The first-order valence-corrected chi connectivity index (χ1v) is 19.6. The fourth-order valence-corrected chi connectivity index (χ4v) is 8.80. The van der Waals surface area contributed by atoms with Crippen molar-refractivity contribution in [2.45, 2.75) is 12.3 Å². The minimum absolute atomic E-state index is 0.563. The molecule has 10 rings (SSSR count). The molecule has 1 spiro atoms. The Bertz CT molecular complexity index is 2990. The molecule has 0 amide bonds. The van der Waals surface area contributed by atoms with Gasteiger partial charge in [-0.15, -0.1) is 0 Å². The molecule has 2 heterocycles. The van der Waals surface area contributed by atoms with Gasteiger partial charge >= 0.3 is 0 Å². The summed E-state index contributed by atoms with van der Waals surface area (Å²) < 4.78 is 6.56. The van der Waals surface area contributed by atoms with Crippen molar-refractivity contribution in [2.24, 2.45) is 0 Å². The Kier molecular flexibility index (Phi) is 8.74. The van der Waals surface area contributed by atoms with E-state index >= 15 is 0 Å². The second kappa shape index (κ2) is 14.5. The zero-order valence-corrected chi connectivity index (χ0v) is 32.3. The summed E-state index contributed by atoms with van der Waals surface area (Å²) in [4.78, 5) is 15.3. The van der Waals surface area contributed by atoms with Gasteiger partial charge in [0.1, 0.15) is 11.5 Å². The van der Waals surface area contributed by atoms with E-state index in [-0.39, 0.29) is 0 Å². The lowest BCUT2D eigenvalue weighted by Crippen LogP contribution is -2.33. The van der Waals surface area contributed by atoms with Crippen LogP contribution in [-0.4, -0.2) is 15.0 Å². The summed E-state index contributed by atoms with van der Waals surface area (Å²) in [6.45, 7) is 6.07. The summed E-state index contributed by atoms with van der Waals surface area (Å²) in [6.07, 6.45) is 5.96. The van der Waals surface area contributed by atoms with Gasteiger partial charge in [-0.1, -0.05) is 158 Å². The number of rotatable bonds is 7. The molecule has 7 aromatic carbocycles. The molecule has 0 saturated carbocycles. The molecule has 0 saturated heterocycles. The standard InChI is InChI=1S/C54H36N4O/c1-3-4-22-45-35(2)59-49-26-14-13-24-47(49)54(45)46-23-12-11-20-44(46)50-43(21-15-25-48(50)54)41-31-40(37-29-27-36(34-55)28-30-37)32-42(33-41)53-57-51(38-16-7-5-8-17-38)56-52(58-53)39-18-9-6-10-19-39/h3-33H,1H2,2H3/b22-4-. The molecule has 1 unspecified atom stereocenters. The van der Waals surface area contributed by atoms with E-state index in [1.165, 1.54) is 11.1 Å². The van der Waals surface area contributed by atoms with Crippen LogP contribution in [0.1, 0.15) is 29.2 Å². The molecule has 0 radical (unpaired) electrons. The Labute approximate surface area is 343 Å². The maximum atomic E-state index is 9.65. The smallest absolute Gasteiger partial charge is 0.164 e. The van der Waals surface area contributed by atoms with Crippen molar-refractivity contribution in [3.8, 4) is 79.4 Å². The van der Waals surface area contributed by atoms with E-state index in [1.54, 1.807) is 0 Å². The van der Waals surface area contributed by atoms with Gasteiger partial charge in [-0.05, 0) is 87.8 Å². The van der Waals surface area contributed by atoms with Gasteiger partial charge in [0, 0.05) is 27.8 Å². The van der Waals surface area contributed by atoms with Crippen LogP contribution in [0.3, 0.4) is 0 Å². The van der Waals surface area contributed by atoms with E-state index in [0.717, 1.165) is 72.7 Å². The molecule has 5 nitrogen and oxygen atoms in total. The molecule has 1 aliphatic carbocycles. The highest BCUT2D eigenvalue weighted by molar-refractivity contribution is 5.97. The predicted molar refractivity (Wildman–Crippen MR) is 236 cm³/mol. The normalized spacial score (nSPS) is 15.0. The summed E-state index contributed by atoms with van der Waals surface area (Å²) in [5.41, 5.74) is 13.5. The van der Waals surface area contributed by atoms with Crippen molar-refractivity contribution >= 4 is 0 Å². The molecular formula is C54H36N4O. The van der Waals surface area contributed by atoms with Gasteiger partial charge in [-0.2, -0.15) is 5.26 Å². The predicted octanol–water partition coefficient (Wildman–Crippen LogP) is 12.8. The number of hydrogen-bond acceptors (Lipinski definition) is 5. The molecule has 0 bridgehead atoms. The van der Waals surface area contributed by atoms with Crippen LogP contribution in [0.15, 0.2) is 206 Å². The summed E-state index contributed by atoms with van der Waals surface area (Å²) in [5.74, 6) is 3.44. The number of nitriles is 1. The molecular weight excluding hydrogens is 721 g/mol. The number of ether oxygens (including phenoxy) is 1. The van der Waals surface area contributed by atoms with Gasteiger partial charge in [0.25, 0.3) is 0 Å². The van der Waals surface area contributed by atoms with Gasteiger partial charge in [0.15, 0.2) is 17.5 Å². The molecule has 5 heteroatoms. The monoisotopic (exact) mass is 756 g/mol. The third-order valence-electron chi connectivity index (χ3n) is 11.4. The van der Waals surface area contributed by atoms with Crippen LogP contribution in [0.5, 0.6) is 5.75 Å². The lowest BCUT2D eigenvalue weighted by Gasteiger charge is -2.39. The van der Waals surface area contributed by atoms with E-state index in [2.05, 4.69) is 105 Å². The number of hydrogen-bond donors (Lipinski definition) is 0. The summed E-state index contributed by atoms with van der Waals surface area (Å²) >= 11 is 0. The lowest BCUT2D eigenvalue weighted by atomic mass is 9.65. The number of para-hydroxylation sites is 1. The maximum absolute atomic E-state index is 9.65. The molecule has 8 aromatic rings. The molecule has 0 fully saturated rings. The second-order valence-electron chi connectivity index (χ2n) is 14.7. The third kappa shape index (κ3) is 5.89. The highest BCUT2D eigenvalue weighted by atomic mass is 16.5. The SMILES string of the molecule is C=C/C=C\C1=C(C)Oc2ccccc2C12c1ccccc1-c1c(-c3cc(-c4ccc(C#N)cc4)cc(-c4nc(-c5ccccc5)nc(-c5ccccc5)n4)c3)cccc12. The van der Waals surface area contributed by atoms with E-state index in [1.807, 2.05) is 103 Å².